The predicted octanol–water partition coefficient (Wildman–Crippen LogP) is 2.36. The molecule has 2 rings (SSSR count). The van der Waals surface area contributed by atoms with Gasteiger partial charge < -0.3 is 0 Å². The summed E-state index contributed by atoms with van der Waals surface area (Å²) in [7, 11) is 0. The molecule has 3 heteroatoms. The van der Waals surface area contributed by atoms with Crippen LogP contribution in [0, 0.1) is 11.3 Å². The van der Waals surface area contributed by atoms with Gasteiger partial charge >= 0.3 is 0 Å². The second kappa shape index (κ2) is 6.10. The Bertz CT molecular complexity index is 536. The number of hydrogen-bond donors (Lipinski definition) is 0. The molecule has 0 aliphatic carbocycles. The van der Waals surface area contributed by atoms with Crippen LogP contribution in [-0.4, -0.2) is 12.6 Å². The normalized spacial score (nSPS) is 8.44. The smallest absolute Gasteiger partial charge is 0.219 e. The number of nitrogens with zero attached hydrogens (tertiary/aromatic N) is 1. The number of carbonyl (C=O) groups is 2. The maximum Gasteiger partial charge on any atom is 0.219 e. The average Bonchev–Trinajstić information content (AvgIpc) is 2.38. The number of carbonyl (C=O) groups excluding carboxylic acids is 2. The second-order valence-electron chi connectivity index (χ2n) is 2.93. The summed E-state index contributed by atoms with van der Waals surface area (Å²) in [5, 5.41) is 9.39. The molecule has 0 saturated carbocycles. The van der Waals surface area contributed by atoms with E-state index in [2.05, 4.69) is 0 Å². The van der Waals surface area contributed by atoms with E-state index in [1.54, 1.807) is 0 Å². The van der Waals surface area contributed by atoms with Crippen molar-refractivity contribution in [2.75, 3.05) is 0 Å². The van der Waals surface area contributed by atoms with Crippen LogP contribution in [0.4, 0.5) is 0 Å². The largest absolute Gasteiger partial charge is 0.298 e. The Kier molecular flexibility index (Phi) is 4.42. The zero-order valence-corrected chi connectivity index (χ0v) is 8.46. The molecule has 0 fully saturated rings. The Balaban J connectivity index is 0.000000280. The van der Waals surface area contributed by atoms with Crippen molar-refractivity contribution in [1.29, 1.82) is 5.26 Å². The van der Waals surface area contributed by atoms with Gasteiger partial charge in [-0.05, 0) is 10.8 Å². The molecule has 0 aliphatic heterocycles. The molecule has 0 spiro atoms. The molecule has 0 saturated heterocycles. The average molecular weight is 211 g/mol. The highest BCUT2D eigenvalue weighted by Gasteiger charge is 1.96. The van der Waals surface area contributed by atoms with Crippen molar-refractivity contribution in [3.8, 4) is 6.07 Å². The Morgan fingerprint density at radius 2 is 1.62 bits per heavy atom. The highest BCUT2D eigenvalue weighted by molar-refractivity contribution is 5.97. The second-order valence-corrected chi connectivity index (χ2v) is 2.93. The van der Waals surface area contributed by atoms with Crippen LogP contribution < -0.4 is 0 Å². The fourth-order valence-corrected chi connectivity index (χ4v) is 1.35. The van der Waals surface area contributed by atoms with E-state index in [0.717, 1.165) is 22.6 Å². The van der Waals surface area contributed by atoms with E-state index < -0.39 is 0 Å². The van der Waals surface area contributed by atoms with Crippen LogP contribution in [0.3, 0.4) is 0 Å². The van der Waals surface area contributed by atoms with E-state index in [9.17, 15) is 4.79 Å². The third-order valence-electron chi connectivity index (χ3n) is 2.00. The lowest BCUT2D eigenvalue weighted by Crippen LogP contribution is -1.81. The number of nitriles is 1. The third-order valence-corrected chi connectivity index (χ3v) is 2.00. The molecule has 0 atom stereocenters. The van der Waals surface area contributed by atoms with Gasteiger partial charge in [-0.1, -0.05) is 42.5 Å². The summed E-state index contributed by atoms with van der Waals surface area (Å²) in [6, 6.07) is 14.8. The standard InChI is InChI=1S/C11H8O.C2HNO/c12-8-10-6-3-5-9-4-1-2-7-11(9)10;3-1-2-4/h1-8H;2H. The van der Waals surface area contributed by atoms with Crippen LogP contribution in [0.5, 0.6) is 0 Å². The summed E-state index contributed by atoms with van der Waals surface area (Å²) in [6.45, 7) is 0. The zero-order chi connectivity index (χ0) is 11.8. The molecule has 3 nitrogen and oxygen atoms in total. The number of aldehydes is 2. The van der Waals surface area contributed by atoms with Gasteiger partial charge in [0.05, 0.1) is 0 Å². The zero-order valence-electron chi connectivity index (χ0n) is 8.46. The van der Waals surface area contributed by atoms with E-state index in [4.69, 9.17) is 10.1 Å². The third kappa shape index (κ3) is 2.76. The van der Waals surface area contributed by atoms with Crippen LogP contribution in [0.2, 0.25) is 0 Å². The van der Waals surface area contributed by atoms with Crippen molar-refractivity contribution in [2.45, 2.75) is 0 Å². The first-order valence-corrected chi connectivity index (χ1v) is 4.59. The maximum absolute atomic E-state index is 10.6. The number of rotatable bonds is 1. The first kappa shape index (κ1) is 11.6. The molecule has 78 valence electrons. The van der Waals surface area contributed by atoms with Crippen molar-refractivity contribution in [3.05, 3.63) is 48.0 Å². The SMILES string of the molecule is N#CC=O.O=Cc1cccc2ccccc12. The highest BCUT2D eigenvalue weighted by atomic mass is 16.1. The molecule has 16 heavy (non-hydrogen) atoms. The van der Waals surface area contributed by atoms with Crippen molar-refractivity contribution in [2.24, 2.45) is 0 Å². The molecule has 0 aromatic heterocycles. The minimum Gasteiger partial charge on any atom is -0.298 e. The molecule has 0 N–H and O–H groups in total. The van der Waals surface area contributed by atoms with Gasteiger partial charge in [0.25, 0.3) is 0 Å². The van der Waals surface area contributed by atoms with Crippen LogP contribution in [-0.2, 0) is 4.79 Å². The lowest BCUT2D eigenvalue weighted by molar-refractivity contribution is -0.103. The van der Waals surface area contributed by atoms with Crippen molar-refractivity contribution < 1.29 is 9.59 Å². The molecule has 0 heterocycles. The lowest BCUT2D eigenvalue weighted by Gasteiger charge is -1.98. The quantitative estimate of drug-likeness (QED) is 0.537. The molecule has 0 amide bonds. The first-order valence-electron chi connectivity index (χ1n) is 4.59. The van der Waals surface area contributed by atoms with E-state index in [-0.39, 0.29) is 6.29 Å². The van der Waals surface area contributed by atoms with E-state index >= 15 is 0 Å². The van der Waals surface area contributed by atoms with Gasteiger partial charge in [-0.3, -0.25) is 9.59 Å². The van der Waals surface area contributed by atoms with Gasteiger partial charge in [0.15, 0.2) is 6.29 Å². The Morgan fingerprint density at radius 1 is 1.00 bits per heavy atom. The molecular weight excluding hydrogens is 202 g/mol. The van der Waals surface area contributed by atoms with Crippen molar-refractivity contribution in [1.82, 2.24) is 0 Å². The Labute approximate surface area is 92.9 Å². The predicted molar refractivity (Wildman–Crippen MR) is 61.0 cm³/mol. The first-order chi connectivity index (χ1) is 7.83. The van der Waals surface area contributed by atoms with E-state index in [0.29, 0.717) is 0 Å². The summed E-state index contributed by atoms with van der Waals surface area (Å²) in [5.41, 5.74) is 0.758. The van der Waals surface area contributed by atoms with Crippen LogP contribution in [0.15, 0.2) is 42.5 Å². The summed E-state index contributed by atoms with van der Waals surface area (Å²) in [4.78, 5) is 19.4. The summed E-state index contributed by atoms with van der Waals surface area (Å²) in [6.07, 6.45) is 1.07. The highest BCUT2D eigenvalue weighted by Crippen LogP contribution is 2.16. The minimum absolute atomic E-state index is 0.181. The topological polar surface area (TPSA) is 57.9 Å². The Morgan fingerprint density at radius 3 is 2.25 bits per heavy atom. The number of hydrogen-bond acceptors (Lipinski definition) is 3. The van der Waals surface area contributed by atoms with E-state index in [1.165, 1.54) is 6.07 Å². The molecular formula is C13H9NO2. The molecule has 0 radical (unpaired) electrons. The summed E-state index contributed by atoms with van der Waals surface area (Å²) in [5.74, 6) is 0. The van der Waals surface area contributed by atoms with Crippen LogP contribution in [0.1, 0.15) is 10.4 Å². The number of fused-ring (bicyclic) bond motifs is 1. The monoisotopic (exact) mass is 211 g/mol. The van der Waals surface area contributed by atoms with E-state index in [1.807, 2.05) is 42.5 Å². The molecule has 2 aromatic rings. The molecule has 0 bridgehead atoms. The van der Waals surface area contributed by atoms with Gasteiger partial charge in [0.2, 0.25) is 6.29 Å². The van der Waals surface area contributed by atoms with Gasteiger partial charge in [0.1, 0.15) is 6.07 Å². The molecule has 0 aliphatic rings. The van der Waals surface area contributed by atoms with Gasteiger partial charge in [0, 0.05) is 5.56 Å². The number of benzene rings is 2. The van der Waals surface area contributed by atoms with Gasteiger partial charge in [-0.15, -0.1) is 0 Å². The fraction of sp³-hybridized carbons (Fsp3) is 0. The molecule has 0 unspecified atom stereocenters. The molecule has 2 aromatic carbocycles. The van der Waals surface area contributed by atoms with Crippen molar-refractivity contribution >= 4 is 23.3 Å². The minimum atomic E-state index is 0.181. The van der Waals surface area contributed by atoms with Gasteiger partial charge in [-0.2, -0.15) is 5.26 Å². The van der Waals surface area contributed by atoms with Crippen LogP contribution >= 0.6 is 0 Å². The van der Waals surface area contributed by atoms with Crippen molar-refractivity contribution in [3.63, 3.8) is 0 Å². The summed E-state index contributed by atoms with van der Waals surface area (Å²) >= 11 is 0. The summed E-state index contributed by atoms with van der Waals surface area (Å²) < 4.78 is 0. The fourth-order valence-electron chi connectivity index (χ4n) is 1.35. The van der Waals surface area contributed by atoms with Gasteiger partial charge in [-0.25, -0.2) is 0 Å². The lowest BCUT2D eigenvalue weighted by atomic mass is 10.1. The maximum atomic E-state index is 10.6. The van der Waals surface area contributed by atoms with Crippen LogP contribution in [0.25, 0.3) is 10.8 Å². The Hall–Kier alpha value is -2.47.